The van der Waals surface area contributed by atoms with Crippen molar-refractivity contribution in [2.45, 2.75) is 20.4 Å². The maximum atomic E-state index is 14.5. The molecule has 0 radical (unpaired) electrons. The van der Waals surface area contributed by atoms with Gasteiger partial charge < -0.3 is 14.6 Å². The minimum Gasteiger partial charge on any atom is -0.497 e. The zero-order valence-electron chi connectivity index (χ0n) is 17.4. The molecule has 1 heterocycles. The fourth-order valence-electron chi connectivity index (χ4n) is 3.29. The number of carbonyl (C=O) groups is 1. The molecule has 0 saturated carbocycles. The molecule has 2 aromatic carbocycles. The molecule has 0 aliphatic heterocycles. The largest absolute Gasteiger partial charge is 0.497 e. The summed E-state index contributed by atoms with van der Waals surface area (Å²) in [6.45, 7) is 3.96. The standard InChI is InChI=1S/C24H21BrFN3O2/c1-15-10-18(16(2)29(15)23-9-6-20(25)12-22(23)26)11-19(13-27)24(30)28-14-17-4-7-21(31-3)8-5-17/h4-12H,14H2,1-3H3,(H,28,30)/b19-11-. The van der Waals surface area contributed by atoms with Gasteiger partial charge in [0.15, 0.2) is 0 Å². The normalized spacial score (nSPS) is 11.2. The van der Waals surface area contributed by atoms with Crippen LogP contribution in [0, 0.1) is 31.0 Å². The smallest absolute Gasteiger partial charge is 0.262 e. The Bertz CT molecular complexity index is 1190. The van der Waals surface area contributed by atoms with Gasteiger partial charge in [-0.25, -0.2) is 4.39 Å². The van der Waals surface area contributed by atoms with Crippen molar-refractivity contribution in [3.05, 3.63) is 86.9 Å². The van der Waals surface area contributed by atoms with Crippen molar-refractivity contribution in [1.29, 1.82) is 5.26 Å². The van der Waals surface area contributed by atoms with Gasteiger partial charge in [-0.15, -0.1) is 0 Å². The lowest BCUT2D eigenvalue weighted by Crippen LogP contribution is -2.23. The highest BCUT2D eigenvalue weighted by Gasteiger charge is 2.15. The van der Waals surface area contributed by atoms with E-state index in [-0.39, 0.29) is 17.9 Å². The topological polar surface area (TPSA) is 67.0 Å². The molecular weight excluding hydrogens is 461 g/mol. The monoisotopic (exact) mass is 481 g/mol. The number of halogens is 2. The van der Waals surface area contributed by atoms with Gasteiger partial charge in [0, 0.05) is 22.4 Å². The molecule has 0 saturated heterocycles. The van der Waals surface area contributed by atoms with Crippen molar-refractivity contribution >= 4 is 27.9 Å². The van der Waals surface area contributed by atoms with Gasteiger partial charge in [0.05, 0.1) is 12.8 Å². The summed E-state index contributed by atoms with van der Waals surface area (Å²) in [6.07, 6.45) is 1.53. The maximum Gasteiger partial charge on any atom is 0.262 e. The summed E-state index contributed by atoms with van der Waals surface area (Å²) in [5.74, 6) is -0.118. The van der Waals surface area contributed by atoms with Crippen LogP contribution in [-0.2, 0) is 11.3 Å². The summed E-state index contributed by atoms with van der Waals surface area (Å²) in [6, 6.07) is 15.9. The third-order valence-electron chi connectivity index (χ3n) is 4.90. The number of nitrogens with zero attached hydrogens (tertiary/aromatic N) is 2. The van der Waals surface area contributed by atoms with E-state index in [0.29, 0.717) is 15.7 Å². The zero-order chi connectivity index (χ0) is 22.5. The van der Waals surface area contributed by atoms with E-state index in [0.717, 1.165) is 22.7 Å². The van der Waals surface area contributed by atoms with E-state index in [2.05, 4.69) is 21.2 Å². The average Bonchev–Trinajstić information content (AvgIpc) is 3.03. The van der Waals surface area contributed by atoms with Crippen LogP contribution in [0.5, 0.6) is 5.75 Å². The van der Waals surface area contributed by atoms with E-state index in [1.165, 1.54) is 12.1 Å². The summed E-state index contributed by atoms with van der Waals surface area (Å²) in [5.41, 5.74) is 3.46. The maximum absolute atomic E-state index is 14.5. The highest BCUT2D eigenvalue weighted by atomic mass is 79.9. The Labute approximate surface area is 188 Å². The molecule has 0 atom stereocenters. The second-order valence-corrected chi connectivity index (χ2v) is 7.87. The predicted octanol–water partition coefficient (Wildman–Crippen LogP) is 5.23. The number of hydrogen-bond donors (Lipinski definition) is 1. The van der Waals surface area contributed by atoms with Gasteiger partial charge in [-0.2, -0.15) is 5.26 Å². The zero-order valence-corrected chi connectivity index (χ0v) is 19.0. The van der Waals surface area contributed by atoms with Crippen LogP contribution in [0.15, 0.2) is 58.6 Å². The lowest BCUT2D eigenvalue weighted by Gasteiger charge is -2.11. The average molecular weight is 482 g/mol. The lowest BCUT2D eigenvalue weighted by molar-refractivity contribution is -0.117. The second kappa shape index (κ2) is 9.63. The van der Waals surface area contributed by atoms with Crippen LogP contribution in [-0.4, -0.2) is 17.6 Å². The van der Waals surface area contributed by atoms with E-state index in [4.69, 9.17) is 4.74 Å². The Morgan fingerprint density at radius 2 is 1.94 bits per heavy atom. The van der Waals surface area contributed by atoms with Gasteiger partial charge in [0.2, 0.25) is 0 Å². The first-order valence-electron chi connectivity index (χ1n) is 9.51. The van der Waals surface area contributed by atoms with Gasteiger partial charge in [-0.3, -0.25) is 4.79 Å². The molecule has 0 bridgehead atoms. The molecule has 1 N–H and O–H groups in total. The molecule has 0 fully saturated rings. The van der Waals surface area contributed by atoms with Crippen LogP contribution >= 0.6 is 15.9 Å². The van der Waals surface area contributed by atoms with E-state index < -0.39 is 5.91 Å². The fraction of sp³-hybridized carbons (Fsp3) is 0.167. The Balaban J connectivity index is 1.83. The molecule has 31 heavy (non-hydrogen) atoms. The molecule has 0 spiro atoms. The van der Waals surface area contributed by atoms with E-state index >= 15 is 0 Å². The summed E-state index contributed by atoms with van der Waals surface area (Å²) >= 11 is 3.26. The summed E-state index contributed by atoms with van der Waals surface area (Å²) in [7, 11) is 1.59. The van der Waals surface area contributed by atoms with E-state index in [1.807, 2.05) is 38.1 Å². The van der Waals surface area contributed by atoms with Crippen molar-refractivity contribution in [3.8, 4) is 17.5 Å². The highest BCUT2D eigenvalue weighted by molar-refractivity contribution is 9.10. The Morgan fingerprint density at radius 1 is 1.23 bits per heavy atom. The lowest BCUT2D eigenvalue weighted by atomic mass is 10.1. The van der Waals surface area contributed by atoms with Gasteiger partial charge >= 0.3 is 0 Å². The minimum atomic E-state index is -0.474. The molecule has 0 unspecified atom stereocenters. The van der Waals surface area contributed by atoms with Gasteiger partial charge in [-0.1, -0.05) is 28.1 Å². The van der Waals surface area contributed by atoms with Crippen LogP contribution in [0.2, 0.25) is 0 Å². The van der Waals surface area contributed by atoms with E-state index in [9.17, 15) is 14.4 Å². The molecule has 1 aromatic heterocycles. The van der Waals surface area contributed by atoms with Crippen LogP contribution in [0.4, 0.5) is 4.39 Å². The number of nitrogens with one attached hydrogen (secondary N) is 1. The van der Waals surface area contributed by atoms with Crippen LogP contribution in [0.25, 0.3) is 11.8 Å². The Hall–Kier alpha value is -3.37. The molecule has 3 aromatic rings. The number of amides is 1. The number of ether oxygens (including phenoxy) is 1. The first kappa shape index (κ1) is 22.3. The molecular formula is C24H21BrFN3O2. The summed E-state index contributed by atoms with van der Waals surface area (Å²) in [4.78, 5) is 12.5. The van der Waals surface area contributed by atoms with Gasteiger partial charge in [0.25, 0.3) is 5.91 Å². The number of nitriles is 1. The number of hydrogen-bond acceptors (Lipinski definition) is 3. The molecule has 3 rings (SSSR count). The number of aryl methyl sites for hydroxylation is 1. The first-order valence-corrected chi connectivity index (χ1v) is 10.3. The SMILES string of the molecule is COc1ccc(CNC(=O)/C(C#N)=C\c2cc(C)n(-c3ccc(Br)cc3F)c2C)cc1. The third-order valence-corrected chi connectivity index (χ3v) is 5.39. The van der Waals surface area contributed by atoms with Crippen molar-refractivity contribution in [2.75, 3.05) is 7.11 Å². The Kier molecular flexibility index (Phi) is 6.93. The summed E-state index contributed by atoms with van der Waals surface area (Å²) < 4.78 is 22.0. The quantitative estimate of drug-likeness (QED) is 0.387. The molecule has 0 aliphatic rings. The minimum absolute atomic E-state index is 0.0231. The van der Waals surface area contributed by atoms with Crippen molar-refractivity contribution < 1.29 is 13.9 Å². The van der Waals surface area contributed by atoms with Crippen LogP contribution in [0.3, 0.4) is 0 Å². The third kappa shape index (κ3) is 5.04. The molecule has 158 valence electrons. The van der Waals surface area contributed by atoms with Gasteiger partial charge in [0.1, 0.15) is 23.2 Å². The first-order chi connectivity index (χ1) is 14.8. The molecule has 7 heteroatoms. The second-order valence-electron chi connectivity index (χ2n) is 6.96. The number of rotatable bonds is 6. The van der Waals surface area contributed by atoms with Crippen molar-refractivity contribution in [1.82, 2.24) is 9.88 Å². The number of carbonyl (C=O) groups excluding carboxylic acids is 1. The predicted molar refractivity (Wildman–Crippen MR) is 121 cm³/mol. The molecule has 5 nitrogen and oxygen atoms in total. The number of methoxy groups -OCH3 is 1. The number of aromatic nitrogens is 1. The van der Waals surface area contributed by atoms with Gasteiger partial charge in [-0.05, 0) is 67.4 Å². The molecule has 0 aliphatic carbocycles. The molecule has 1 amide bonds. The van der Waals surface area contributed by atoms with Crippen molar-refractivity contribution in [2.24, 2.45) is 0 Å². The highest BCUT2D eigenvalue weighted by Crippen LogP contribution is 2.26. The van der Waals surface area contributed by atoms with Crippen LogP contribution < -0.4 is 10.1 Å². The number of benzene rings is 2. The summed E-state index contributed by atoms with van der Waals surface area (Å²) in [5, 5.41) is 12.3. The Morgan fingerprint density at radius 3 is 2.55 bits per heavy atom. The van der Waals surface area contributed by atoms with Crippen molar-refractivity contribution in [3.63, 3.8) is 0 Å². The van der Waals surface area contributed by atoms with Crippen LogP contribution in [0.1, 0.15) is 22.5 Å². The fourth-order valence-corrected chi connectivity index (χ4v) is 3.63. The van der Waals surface area contributed by atoms with E-state index in [1.54, 1.807) is 35.9 Å².